The van der Waals surface area contributed by atoms with E-state index in [0.717, 1.165) is 27.6 Å². The quantitative estimate of drug-likeness (QED) is 0.369. The van der Waals surface area contributed by atoms with Gasteiger partial charge in [-0.25, -0.2) is 4.39 Å². The van der Waals surface area contributed by atoms with E-state index in [9.17, 15) is 4.39 Å². The Bertz CT molecular complexity index is 1140. The zero-order valence-electron chi connectivity index (χ0n) is 16.1. The minimum atomic E-state index is -0.235. The van der Waals surface area contributed by atoms with Crippen LogP contribution >= 0.6 is 0 Å². The maximum absolute atomic E-state index is 14.4. The van der Waals surface area contributed by atoms with E-state index in [-0.39, 0.29) is 5.82 Å². The molecule has 0 amide bonds. The normalized spacial score (nSPS) is 15.4. The van der Waals surface area contributed by atoms with Crippen molar-refractivity contribution < 1.29 is 8.81 Å². The molecular weight excluding hydrogens is 349 g/mol. The molecule has 0 bridgehead atoms. The zero-order valence-corrected chi connectivity index (χ0v) is 16.1. The molecule has 2 nitrogen and oxygen atoms in total. The first-order valence-corrected chi connectivity index (χ1v) is 10.2. The van der Waals surface area contributed by atoms with Gasteiger partial charge in [0.2, 0.25) is 0 Å². The van der Waals surface area contributed by atoms with E-state index in [1.54, 1.807) is 12.1 Å². The van der Waals surface area contributed by atoms with Gasteiger partial charge in [0.15, 0.2) is 5.58 Å². The highest BCUT2D eigenvalue weighted by Gasteiger charge is 2.22. The number of furan rings is 1. The van der Waals surface area contributed by atoms with Gasteiger partial charge in [-0.15, -0.1) is 0 Å². The molecule has 1 fully saturated rings. The van der Waals surface area contributed by atoms with Gasteiger partial charge in [-0.05, 0) is 42.5 Å². The summed E-state index contributed by atoms with van der Waals surface area (Å²) in [6, 6.07) is 19.5. The summed E-state index contributed by atoms with van der Waals surface area (Å²) in [6.07, 6.45) is 6.39. The molecule has 28 heavy (non-hydrogen) atoms. The van der Waals surface area contributed by atoms with Crippen molar-refractivity contribution >= 4 is 33.3 Å². The fourth-order valence-electron chi connectivity index (χ4n) is 4.68. The van der Waals surface area contributed by atoms with Crippen LogP contribution in [0.1, 0.15) is 43.6 Å². The molecular formula is C25H24FNO. The number of fused-ring (bicyclic) bond motifs is 3. The first-order valence-electron chi connectivity index (χ1n) is 10.2. The van der Waals surface area contributed by atoms with Crippen molar-refractivity contribution in [1.29, 1.82) is 0 Å². The van der Waals surface area contributed by atoms with E-state index in [1.165, 1.54) is 43.7 Å². The first kappa shape index (κ1) is 17.3. The average molecular weight is 373 g/mol. The maximum Gasteiger partial charge on any atom is 0.159 e. The Hall–Kier alpha value is -2.81. The predicted octanol–water partition coefficient (Wildman–Crippen LogP) is 7.54. The number of para-hydroxylation sites is 3. The molecule has 3 aromatic carbocycles. The minimum absolute atomic E-state index is 0.235. The van der Waals surface area contributed by atoms with E-state index >= 15 is 0 Å². The highest BCUT2D eigenvalue weighted by atomic mass is 19.1. The molecule has 5 rings (SSSR count). The second kappa shape index (κ2) is 6.97. The lowest BCUT2D eigenvalue weighted by Gasteiger charge is -2.22. The Morgan fingerprint density at radius 2 is 1.46 bits per heavy atom. The number of benzene rings is 3. The molecule has 1 aromatic heterocycles. The fourth-order valence-corrected chi connectivity index (χ4v) is 4.68. The summed E-state index contributed by atoms with van der Waals surface area (Å²) < 4.78 is 20.9. The van der Waals surface area contributed by atoms with Gasteiger partial charge in [-0.1, -0.05) is 61.7 Å². The molecule has 0 radical (unpaired) electrons. The van der Waals surface area contributed by atoms with Crippen LogP contribution in [0.2, 0.25) is 0 Å². The second-order valence-corrected chi connectivity index (χ2v) is 7.83. The highest BCUT2D eigenvalue weighted by Crippen LogP contribution is 2.42. The van der Waals surface area contributed by atoms with Gasteiger partial charge >= 0.3 is 0 Å². The van der Waals surface area contributed by atoms with E-state index in [0.29, 0.717) is 11.6 Å². The molecule has 0 saturated heterocycles. The summed E-state index contributed by atoms with van der Waals surface area (Å²) in [5.41, 5.74) is 4.58. The number of anilines is 2. The summed E-state index contributed by atoms with van der Waals surface area (Å²) in [7, 11) is 1.89. The Balaban J connectivity index is 1.69. The molecule has 1 heterocycles. The highest BCUT2D eigenvalue weighted by molar-refractivity contribution is 6.10. The van der Waals surface area contributed by atoms with Crippen molar-refractivity contribution in [2.75, 3.05) is 11.9 Å². The van der Waals surface area contributed by atoms with Crippen LogP contribution in [-0.4, -0.2) is 7.05 Å². The van der Waals surface area contributed by atoms with Crippen LogP contribution in [0.4, 0.5) is 15.8 Å². The van der Waals surface area contributed by atoms with Crippen molar-refractivity contribution in [2.24, 2.45) is 0 Å². The SMILES string of the molecule is CN(c1ccccc1F)c1cccc2c1oc1c(C3CCCCC3)cccc12. The standard InChI is InChI=1S/C25H24FNO/c1-27(22-15-6-5-14-21(22)26)23-16-8-13-20-19-12-7-11-18(24(19)28-25(20)23)17-9-3-2-4-10-17/h5-8,11-17H,2-4,9-10H2,1H3. The third-order valence-corrected chi connectivity index (χ3v) is 6.15. The third kappa shape index (κ3) is 2.77. The van der Waals surface area contributed by atoms with Gasteiger partial charge in [0, 0.05) is 17.8 Å². The Morgan fingerprint density at radius 1 is 0.786 bits per heavy atom. The molecule has 1 saturated carbocycles. The monoisotopic (exact) mass is 373 g/mol. The summed E-state index contributed by atoms with van der Waals surface area (Å²) >= 11 is 0. The van der Waals surface area contributed by atoms with Gasteiger partial charge < -0.3 is 9.32 Å². The lowest BCUT2D eigenvalue weighted by molar-refractivity contribution is 0.442. The molecule has 0 spiro atoms. The summed E-state index contributed by atoms with van der Waals surface area (Å²) in [5, 5.41) is 2.25. The molecule has 4 aromatic rings. The van der Waals surface area contributed by atoms with Crippen LogP contribution in [0.5, 0.6) is 0 Å². The second-order valence-electron chi connectivity index (χ2n) is 7.83. The molecule has 0 aliphatic heterocycles. The maximum atomic E-state index is 14.4. The topological polar surface area (TPSA) is 16.4 Å². The molecule has 142 valence electrons. The largest absolute Gasteiger partial charge is 0.454 e. The van der Waals surface area contributed by atoms with Crippen molar-refractivity contribution in [2.45, 2.75) is 38.0 Å². The Kier molecular flexibility index (Phi) is 4.31. The summed E-state index contributed by atoms with van der Waals surface area (Å²) in [4.78, 5) is 1.88. The first-order chi connectivity index (χ1) is 13.7. The smallest absolute Gasteiger partial charge is 0.159 e. The van der Waals surface area contributed by atoms with Crippen molar-refractivity contribution in [3.63, 3.8) is 0 Å². The van der Waals surface area contributed by atoms with E-state index in [4.69, 9.17) is 4.42 Å². The van der Waals surface area contributed by atoms with Gasteiger partial charge in [-0.3, -0.25) is 0 Å². The van der Waals surface area contributed by atoms with Crippen LogP contribution < -0.4 is 4.90 Å². The summed E-state index contributed by atoms with van der Waals surface area (Å²) in [6.45, 7) is 0. The van der Waals surface area contributed by atoms with Crippen molar-refractivity contribution in [1.82, 2.24) is 0 Å². The lowest BCUT2D eigenvalue weighted by atomic mass is 9.83. The average Bonchev–Trinajstić information content (AvgIpc) is 3.13. The fraction of sp³-hybridized carbons (Fsp3) is 0.280. The summed E-state index contributed by atoms with van der Waals surface area (Å²) in [5.74, 6) is 0.340. The number of halogens is 1. The predicted molar refractivity (Wildman–Crippen MR) is 114 cm³/mol. The lowest BCUT2D eigenvalue weighted by Crippen LogP contribution is -2.11. The molecule has 1 aliphatic rings. The van der Waals surface area contributed by atoms with Crippen molar-refractivity contribution in [3.05, 3.63) is 72.0 Å². The Labute approximate surface area is 164 Å². The van der Waals surface area contributed by atoms with Gasteiger partial charge in [0.25, 0.3) is 0 Å². The van der Waals surface area contributed by atoms with E-state index < -0.39 is 0 Å². The third-order valence-electron chi connectivity index (χ3n) is 6.15. The number of hydrogen-bond acceptors (Lipinski definition) is 2. The van der Waals surface area contributed by atoms with Gasteiger partial charge in [0.1, 0.15) is 11.4 Å². The van der Waals surface area contributed by atoms with Crippen LogP contribution in [0.25, 0.3) is 21.9 Å². The molecule has 3 heteroatoms. The van der Waals surface area contributed by atoms with E-state index in [2.05, 4.69) is 24.3 Å². The minimum Gasteiger partial charge on any atom is -0.454 e. The molecule has 0 unspecified atom stereocenters. The molecule has 0 atom stereocenters. The zero-order chi connectivity index (χ0) is 19.1. The Morgan fingerprint density at radius 3 is 2.25 bits per heavy atom. The molecule has 1 aliphatic carbocycles. The van der Waals surface area contributed by atoms with Gasteiger partial charge in [-0.2, -0.15) is 0 Å². The van der Waals surface area contributed by atoms with Crippen LogP contribution in [0.15, 0.2) is 65.1 Å². The molecule has 0 N–H and O–H groups in total. The van der Waals surface area contributed by atoms with Crippen molar-refractivity contribution in [3.8, 4) is 0 Å². The number of rotatable bonds is 3. The van der Waals surface area contributed by atoms with E-state index in [1.807, 2.05) is 30.1 Å². The van der Waals surface area contributed by atoms with Crippen LogP contribution in [-0.2, 0) is 0 Å². The number of nitrogens with zero attached hydrogens (tertiary/aromatic N) is 1. The van der Waals surface area contributed by atoms with Crippen LogP contribution in [0, 0.1) is 5.82 Å². The van der Waals surface area contributed by atoms with Crippen LogP contribution in [0.3, 0.4) is 0 Å². The number of hydrogen-bond donors (Lipinski definition) is 0. The van der Waals surface area contributed by atoms with Gasteiger partial charge in [0.05, 0.1) is 11.4 Å².